The van der Waals surface area contributed by atoms with Gasteiger partial charge in [0.05, 0.1) is 22.2 Å². The Kier molecular flexibility index (Phi) is 9.59. The Morgan fingerprint density at radius 2 is 1.53 bits per heavy atom. The molecule has 2 bridgehead atoms. The maximum Gasteiger partial charge on any atom is 0.412 e. The number of benzene rings is 4. The van der Waals surface area contributed by atoms with Crippen molar-refractivity contribution < 1.29 is 33.4 Å². The van der Waals surface area contributed by atoms with Crippen LogP contribution >= 0.6 is 41.8 Å². The molecule has 3 saturated carbocycles. The third-order valence-electron chi connectivity index (χ3n) is 11.3. The van der Waals surface area contributed by atoms with Crippen LogP contribution in [0.2, 0.25) is 0 Å². The summed E-state index contributed by atoms with van der Waals surface area (Å²) in [5.41, 5.74) is 2.08. The molecule has 0 radical (unpaired) electrons. The first-order valence-corrected chi connectivity index (χ1v) is 22.0. The number of carbonyl (C=O) groups is 3. The van der Waals surface area contributed by atoms with Gasteiger partial charge in [0.1, 0.15) is 16.5 Å². The molecule has 5 aromatic rings. The summed E-state index contributed by atoms with van der Waals surface area (Å²) in [6, 6.07) is 24.6. The second kappa shape index (κ2) is 14.4. The SMILES string of the molecule is O=C(NCCSSc1ccccn1)Oc1cc2c(c3ccccc13)CCN2C(=O)C12CC(C(=O)N3CC(CCl)c4c3cc(OP(O)O)c3ccccc43)(C1)C2. The molecule has 3 heterocycles. The van der Waals surface area contributed by atoms with E-state index in [1.807, 2.05) is 77.7 Å². The van der Waals surface area contributed by atoms with Crippen LogP contribution in [-0.2, 0) is 16.0 Å². The van der Waals surface area contributed by atoms with Crippen LogP contribution in [-0.4, -0.2) is 63.9 Å². The molecule has 3 aliphatic carbocycles. The summed E-state index contributed by atoms with van der Waals surface area (Å²) in [4.78, 5) is 69.1. The minimum atomic E-state index is -2.68. The standard InChI is InChI=1S/C40H36ClN4O7PS2/c41-19-24-20-45(31-18-33(52-53(49)50)28-9-3-4-10-29(28)35(24)31)37(47)40-21-39(22-40,23-40)36(46)44-15-12-26-25-7-1-2-8-27(25)32(17-30(26)44)51-38(48)43-14-16-54-55-34-11-5-6-13-42-34/h1-11,13,17-18,24,49-50H,12,14-16,19-23H2,(H,43,48). The quantitative estimate of drug-likeness (QED) is 0.0521. The summed E-state index contributed by atoms with van der Waals surface area (Å²) >= 11 is 6.48. The second-order valence-electron chi connectivity index (χ2n) is 14.6. The summed E-state index contributed by atoms with van der Waals surface area (Å²) < 4.78 is 11.3. The van der Waals surface area contributed by atoms with E-state index in [0.717, 1.165) is 43.4 Å². The van der Waals surface area contributed by atoms with Crippen molar-refractivity contribution in [2.24, 2.45) is 10.8 Å². The second-order valence-corrected chi connectivity index (χ2v) is 18.0. The van der Waals surface area contributed by atoms with Crippen molar-refractivity contribution in [3.63, 3.8) is 0 Å². The topological polar surface area (TPSA) is 142 Å². The summed E-state index contributed by atoms with van der Waals surface area (Å²) in [7, 11) is 0.459. The Morgan fingerprint density at radius 1 is 0.873 bits per heavy atom. The molecule has 1 unspecified atom stereocenters. The third-order valence-corrected chi connectivity index (χ3v) is 14.3. The number of amides is 3. The predicted molar refractivity (Wildman–Crippen MR) is 217 cm³/mol. The fourth-order valence-electron chi connectivity index (χ4n) is 9.07. The van der Waals surface area contributed by atoms with E-state index < -0.39 is 25.5 Å². The van der Waals surface area contributed by atoms with Crippen molar-refractivity contribution in [3.8, 4) is 11.5 Å². The van der Waals surface area contributed by atoms with Crippen LogP contribution in [0.25, 0.3) is 21.5 Å². The van der Waals surface area contributed by atoms with Crippen LogP contribution in [0.5, 0.6) is 11.5 Å². The molecule has 282 valence electrons. The zero-order valence-corrected chi connectivity index (χ0v) is 32.7. The van der Waals surface area contributed by atoms with Crippen LogP contribution in [0, 0.1) is 10.8 Å². The lowest BCUT2D eigenvalue weighted by atomic mass is 9.34. The molecule has 3 amide bonds. The first-order valence-electron chi connectivity index (χ1n) is 18.0. The van der Waals surface area contributed by atoms with Gasteiger partial charge in [-0.3, -0.25) is 9.59 Å². The Morgan fingerprint density at radius 3 is 2.22 bits per heavy atom. The molecule has 4 aromatic carbocycles. The van der Waals surface area contributed by atoms with E-state index in [2.05, 4.69) is 10.3 Å². The van der Waals surface area contributed by atoms with Crippen LogP contribution in [0.4, 0.5) is 16.2 Å². The van der Waals surface area contributed by atoms with Crippen molar-refractivity contribution in [2.75, 3.05) is 41.1 Å². The molecule has 55 heavy (non-hydrogen) atoms. The normalized spacial score (nSPS) is 21.9. The third kappa shape index (κ3) is 6.29. The van der Waals surface area contributed by atoms with Gasteiger partial charge in [0.25, 0.3) is 0 Å². The van der Waals surface area contributed by atoms with Crippen molar-refractivity contribution in [1.29, 1.82) is 0 Å². The number of ether oxygens (including phenoxy) is 1. The van der Waals surface area contributed by atoms with E-state index >= 15 is 0 Å². The van der Waals surface area contributed by atoms with Crippen LogP contribution in [0.15, 0.2) is 90.1 Å². The van der Waals surface area contributed by atoms with Gasteiger partial charge in [-0.1, -0.05) is 65.4 Å². The molecule has 10 rings (SSSR count). The van der Waals surface area contributed by atoms with Crippen molar-refractivity contribution in [2.45, 2.75) is 36.6 Å². The molecule has 0 spiro atoms. The molecule has 3 fully saturated rings. The average molecular weight is 815 g/mol. The lowest BCUT2D eigenvalue weighted by molar-refractivity contribution is -0.204. The van der Waals surface area contributed by atoms with Gasteiger partial charge in [0.15, 0.2) is 0 Å². The highest BCUT2D eigenvalue weighted by Crippen LogP contribution is 2.75. The Balaban J connectivity index is 0.902. The van der Waals surface area contributed by atoms with Gasteiger partial charge < -0.3 is 34.2 Å². The Labute approximate surface area is 331 Å². The van der Waals surface area contributed by atoms with Crippen LogP contribution in [0.3, 0.4) is 0 Å². The summed E-state index contributed by atoms with van der Waals surface area (Å²) in [5.74, 6) is 1.48. The van der Waals surface area contributed by atoms with Crippen LogP contribution < -0.4 is 24.4 Å². The van der Waals surface area contributed by atoms with Gasteiger partial charge in [-0.05, 0) is 70.5 Å². The highest BCUT2D eigenvalue weighted by molar-refractivity contribution is 8.76. The minimum absolute atomic E-state index is 0.00424. The van der Waals surface area contributed by atoms with Gasteiger partial charge in [0, 0.05) is 66.3 Å². The molecular weight excluding hydrogens is 779 g/mol. The fourth-order valence-corrected chi connectivity index (χ4v) is 11.4. The largest absolute Gasteiger partial charge is 0.426 e. The molecule has 15 heteroatoms. The van der Waals surface area contributed by atoms with E-state index in [1.165, 1.54) is 0 Å². The van der Waals surface area contributed by atoms with E-state index in [4.69, 9.17) is 20.9 Å². The predicted octanol–water partition coefficient (Wildman–Crippen LogP) is 7.94. The van der Waals surface area contributed by atoms with Gasteiger partial charge in [-0.15, -0.1) is 11.6 Å². The number of carbonyl (C=O) groups excluding carboxylic acids is 3. The van der Waals surface area contributed by atoms with Crippen molar-refractivity contribution in [1.82, 2.24) is 10.3 Å². The van der Waals surface area contributed by atoms with Crippen molar-refractivity contribution in [3.05, 3.63) is 96.2 Å². The van der Waals surface area contributed by atoms with Gasteiger partial charge >= 0.3 is 14.7 Å². The molecule has 0 saturated heterocycles. The zero-order chi connectivity index (χ0) is 37.9. The summed E-state index contributed by atoms with van der Waals surface area (Å²) in [6.45, 7) is 1.31. The fraction of sp³-hybridized carbons (Fsp3) is 0.300. The lowest BCUT2D eigenvalue weighted by Crippen LogP contribution is -2.72. The maximum absolute atomic E-state index is 14.4. The highest BCUT2D eigenvalue weighted by Gasteiger charge is 2.76. The molecular formula is C40H36ClN4O7PS2. The summed E-state index contributed by atoms with van der Waals surface area (Å²) in [5, 5.41) is 7.05. The average Bonchev–Trinajstić information content (AvgIpc) is 3.76. The van der Waals surface area contributed by atoms with E-state index in [0.29, 0.717) is 74.1 Å². The number of pyridine rings is 1. The van der Waals surface area contributed by atoms with Crippen molar-refractivity contribution >= 4 is 92.6 Å². The Hall–Kier alpha value is -4.10. The van der Waals surface area contributed by atoms with Crippen LogP contribution in [0.1, 0.15) is 36.3 Å². The molecule has 1 atom stereocenters. The maximum atomic E-state index is 14.4. The number of alkyl halides is 1. The molecule has 1 aromatic heterocycles. The highest BCUT2D eigenvalue weighted by atomic mass is 35.5. The smallest absolute Gasteiger partial charge is 0.412 e. The van der Waals surface area contributed by atoms with Gasteiger partial charge in [-0.25, -0.2) is 9.78 Å². The number of anilines is 2. The number of hydrogen-bond acceptors (Lipinski definition) is 10. The molecule has 11 nitrogen and oxygen atoms in total. The van der Waals surface area contributed by atoms with Gasteiger partial charge in [0.2, 0.25) is 11.8 Å². The molecule has 3 N–H and O–H groups in total. The Bertz CT molecular complexity index is 2350. The first kappa shape index (κ1) is 36.5. The van der Waals surface area contributed by atoms with Gasteiger partial charge in [-0.2, -0.15) is 0 Å². The minimum Gasteiger partial charge on any atom is -0.426 e. The zero-order valence-electron chi connectivity index (χ0n) is 29.4. The number of nitrogens with zero attached hydrogens (tertiary/aromatic N) is 3. The monoisotopic (exact) mass is 814 g/mol. The lowest BCUT2D eigenvalue weighted by Gasteiger charge is -2.69. The van der Waals surface area contributed by atoms with E-state index in [-0.39, 0.29) is 17.7 Å². The molecule has 2 aliphatic heterocycles. The molecule has 5 aliphatic rings. The first-order chi connectivity index (χ1) is 26.7. The number of halogens is 1. The number of hydrogen-bond donors (Lipinski definition) is 3. The number of nitrogens with one attached hydrogen (secondary N) is 1. The number of rotatable bonds is 11. The van der Waals surface area contributed by atoms with E-state index in [9.17, 15) is 24.2 Å². The van der Waals surface area contributed by atoms with E-state index in [1.54, 1.807) is 38.8 Å². The number of fused-ring (bicyclic) bond motifs is 6. The summed E-state index contributed by atoms with van der Waals surface area (Å²) in [6.07, 6.45) is 3.21. The number of aromatic nitrogens is 1.